The number of carbonyl (C=O) groups excluding carboxylic acids is 1. The Kier molecular flexibility index (Phi) is 3.73. The van der Waals surface area contributed by atoms with E-state index in [1.165, 1.54) is 11.5 Å². The Morgan fingerprint density at radius 2 is 2.41 bits per heavy atom. The van der Waals surface area contributed by atoms with Crippen molar-refractivity contribution in [2.45, 2.75) is 45.2 Å². The van der Waals surface area contributed by atoms with Crippen LogP contribution in [0.15, 0.2) is 0 Å². The molecule has 2 atom stereocenters. The molecule has 0 aromatic carbocycles. The molecule has 0 saturated carbocycles. The van der Waals surface area contributed by atoms with Gasteiger partial charge in [-0.15, -0.1) is 5.10 Å². The number of hydrogen-bond donors (Lipinski definition) is 1. The summed E-state index contributed by atoms with van der Waals surface area (Å²) < 4.78 is 3.87. The van der Waals surface area contributed by atoms with E-state index in [1.54, 1.807) is 0 Å². The summed E-state index contributed by atoms with van der Waals surface area (Å²) in [6, 6.07) is 0.428. The molecule has 2 unspecified atom stereocenters. The van der Waals surface area contributed by atoms with E-state index < -0.39 is 0 Å². The third-order valence-corrected chi connectivity index (χ3v) is 4.02. The van der Waals surface area contributed by atoms with Gasteiger partial charge >= 0.3 is 0 Å². The molecule has 94 valence electrons. The summed E-state index contributed by atoms with van der Waals surface area (Å²) in [5.74, 6) is 0.0660. The van der Waals surface area contributed by atoms with Gasteiger partial charge in [-0.2, -0.15) is 0 Å². The lowest BCUT2D eigenvalue weighted by Gasteiger charge is -2.36. The van der Waals surface area contributed by atoms with Crippen LogP contribution < -0.4 is 5.73 Å². The molecule has 0 bridgehead atoms. The zero-order valence-corrected chi connectivity index (χ0v) is 11.0. The first kappa shape index (κ1) is 12.4. The van der Waals surface area contributed by atoms with Crippen LogP contribution in [-0.2, 0) is 6.42 Å². The van der Waals surface area contributed by atoms with Gasteiger partial charge in [0.15, 0.2) is 0 Å². The highest BCUT2D eigenvalue weighted by atomic mass is 32.1. The smallest absolute Gasteiger partial charge is 0.267 e. The Bertz CT molecular complexity index is 406. The van der Waals surface area contributed by atoms with Crippen molar-refractivity contribution in [3.63, 3.8) is 0 Å². The van der Waals surface area contributed by atoms with E-state index in [0.29, 0.717) is 4.88 Å². The van der Waals surface area contributed by atoms with Crippen LogP contribution in [0, 0.1) is 0 Å². The number of hydrogen-bond acceptors (Lipinski definition) is 5. The molecule has 1 amide bonds. The first-order valence-corrected chi connectivity index (χ1v) is 6.78. The highest BCUT2D eigenvalue weighted by Gasteiger charge is 2.30. The lowest BCUT2D eigenvalue weighted by atomic mass is 9.99. The average molecular weight is 254 g/mol. The molecule has 1 fully saturated rings. The van der Waals surface area contributed by atoms with Crippen LogP contribution in [0.3, 0.4) is 0 Å². The Morgan fingerprint density at radius 3 is 3.06 bits per heavy atom. The number of carbonyl (C=O) groups is 1. The van der Waals surface area contributed by atoms with Crippen LogP contribution in [0.2, 0.25) is 0 Å². The van der Waals surface area contributed by atoms with Crippen molar-refractivity contribution in [1.29, 1.82) is 0 Å². The zero-order chi connectivity index (χ0) is 12.4. The quantitative estimate of drug-likeness (QED) is 0.856. The molecule has 1 saturated heterocycles. The lowest BCUT2D eigenvalue weighted by Crippen LogP contribution is -2.48. The van der Waals surface area contributed by atoms with Gasteiger partial charge < -0.3 is 10.6 Å². The van der Waals surface area contributed by atoms with E-state index >= 15 is 0 Å². The fourth-order valence-corrected chi connectivity index (χ4v) is 2.95. The van der Waals surface area contributed by atoms with E-state index in [1.807, 2.05) is 11.8 Å². The SMILES string of the molecule is CCc1nnsc1C(=O)N1CCC(N)CC1C. The molecule has 0 aliphatic carbocycles. The predicted molar refractivity (Wildman–Crippen MR) is 67.0 cm³/mol. The third-order valence-electron chi connectivity index (χ3n) is 3.26. The molecule has 2 N–H and O–H groups in total. The number of rotatable bonds is 2. The number of amides is 1. The summed E-state index contributed by atoms with van der Waals surface area (Å²) in [7, 11) is 0. The summed E-state index contributed by atoms with van der Waals surface area (Å²) >= 11 is 1.20. The summed E-state index contributed by atoms with van der Waals surface area (Å²) in [5.41, 5.74) is 6.71. The van der Waals surface area contributed by atoms with Gasteiger partial charge in [0.25, 0.3) is 5.91 Å². The molecular weight excluding hydrogens is 236 g/mol. The molecule has 5 nitrogen and oxygen atoms in total. The van der Waals surface area contributed by atoms with Crippen LogP contribution in [-0.4, -0.2) is 39.0 Å². The Hall–Kier alpha value is -1.01. The summed E-state index contributed by atoms with van der Waals surface area (Å²) in [5, 5.41) is 3.99. The highest BCUT2D eigenvalue weighted by molar-refractivity contribution is 7.08. The van der Waals surface area contributed by atoms with E-state index in [-0.39, 0.29) is 18.0 Å². The number of piperidine rings is 1. The normalized spacial score (nSPS) is 25.0. The molecule has 1 aliphatic rings. The molecule has 6 heteroatoms. The Balaban J connectivity index is 2.15. The van der Waals surface area contributed by atoms with Gasteiger partial charge in [0.2, 0.25) is 0 Å². The van der Waals surface area contributed by atoms with Gasteiger partial charge in [-0.25, -0.2) is 0 Å². The van der Waals surface area contributed by atoms with Gasteiger partial charge in [0.1, 0.15) is 4.88 Å². The number of aryl methyl sites for hydroxylation is 1. The second-order valence-electron chi connectivity index (χ2n) is 4.53. The molecule has 1 aromatic rings. The maximum atomic E-state index is 12.4. The van der Waals surface area contributed by atoms with Crippen molar-refractivity contribution in [3.8, 4) is 0 Å². The van der Waals surface area contributed by atoms with Crippen LogP contribution in [0.5, 0.6) is 0 Å². The van der Waals surface area contributed by atoms with E-state index in [0.717, 1.165) is 31.5 Å². The fraction of sp³-hybridized carbons (Fsp3) is 0.727. The van der Waals surface area contributed by atoms with Gasteiger partial charge in [-0.05, 0) is 37.7 Å². The van der Waals surface area contributed by atoms with Crippen molar-refractivity contribution in [3.05, 3.63) is 10.6 Å². The number of nitrogens with two attached hydrogens (primary N) is 1. The number of likely N-dealkylation sites (tertiary alicyclic amines) is 1. The average Bonchev–Trinajstić information content (AvgIpc) is 2.76. The highest BCUT2D eigenvalue weighted by Crippen LogP contribution is 2.21. The first-order valence-electron chi connectivity index (χ1n) is 6.01. The molecular formula is C11H18N4OS. The third kappa shape index (κ3) is 2.47. The second-order valence-corrected chi connectivity index (χ2v) is 5.29. The maximum Gasteiger partial charge on any atom is 0.267 e. The standard InChI is InChI=1S/C11H18N4OS/c1-3-9-10(17-14-13-9)11(16)15-5-4-8(12)6-7(15)2/h7-8H,3-6,12H2,1-2H3. The molecule has 2 heterocycles. The Labute approximate surface area is 105 Å². The lowest BCUT2D eigenvalue weighted by molar-refractivity contribution is 0.0623. The molecule has 0 radical (unpaired) electrons. The summed E-state index contributed by atoms with van der Waals surface area (Å²) in [4.78, 5) is 15.0. The number of aromatic nitrogens is 2. The van der Waals surface area contributed by atoms with E-state index in [9.17, 15) is 4.79 Å². The van der Waals surface area contributed by atoms with Crippen LogP contribution in [0.4, 0.5) is 0 Å². The van der Waals surface area contributed by atoms with Crippen molar-refractivity contribution >= 4 is 17.4 Å². The van der Waals surface area contributed by atoms with Gasteiger partial charge in [0, 0.05) is 18.6 Å². The predicted octanol–water partition coefficient (Wildman–Crippen LogP) is 1.05. The van der Waals surface area contributed by atoms with Crippen molar-refractivity contribution < 1.29 is 4.79 Å². The summed E-state index contributed by atoms with van der Waals surface area (Å²) in [6.45, 7) is 4.78. The minimum absolute atomic E-state index is 0.0660. The topological polar surface area (TPSA) is 72.1 Å². The van der Waals surface area contributed by atoms with Crippen LogP contribution >= 0.6 is 11.5 Å². The van der Waals surface area contributed by atoms with Crippen LogP contribution in [0.1, 0.15) is 42.1 Å². The van der Waals surface area contributed by atoms with Crippen LogP contribution in [0.25, 0.3) is 0 Å². The van der Waals surface area contributed by atoms with Gasteiger partial charge in [-0.1, -0.05) is 11.4 Å². The van der Waals surface area contributed by atoms with Gasteiger partial charge in [0.05, 0.1) is 5.69 Å². The van der Waals surface area contributed by atoms with Crippen molar-refractivity contribution in [2.75, 3.05) is 6.54 Å². The first-order chi connectivity index (χ1) is 8.13. The number of nitrogens with zero attached hydrogens (tertiary/aromatic N) is 3. The Morgan fingerprint density at radius 1 is 1.65 bits per heavy atom. The molecule has 1 aromatic heterocycles. The fourth-order valence-electron chi connectivity index (χ4n) is 2.24. The minimum atomic E-state index is 0.0660. The van der Waals surface area contributed by atoms with Crippen molar-refractivity contribution in [2.24, 2.45) is 5.73 Å². The van der Waals surface area contributed by atoms with E-state index in [4.69, 9.17) is 5.73 Å². The van der Waals surface area contributed by atoms with Gasteiger partial charge in [-0.3, -0.25) is 4.79 Å². The molecule has 17 heavy (non-hydrogen) atoms. The van der Waals surface area contributed by atoms with Crippen molar-refractivity contribution in [1.82, 2.24) is 14.5 Å². The molecule has 2 rings (SSSR count). The second kappa shape index (κ2) is 5.10. The zero-order valence-electron chi connectivity index (χ0n) is 10.2. The van der Waals surface area contributed by atoms with E-state index in [2.05, 4.69) is 16.5 Å². The molecule has 1 aliphatic heterocycles. The monoisotopic (exact) mass is 254 g/mol. The molecule has 0 spiro atoms. The largest absolute Gasteiger partial charge is 0.335 e. The maximum absolute atomic E-state index is 12.4. The summed E-state index contributed by atoms with van der Waals surface area (Å²) in [6.07, 6.45) is 2.50. The minimum Gasteiger partial charge on any atom is -0.335 e.